The van der Waals surface area contributed by atoms with Gasteiger partial charge in [-0.2, -0.15) is 0 Å². The fourth-order valence-corrected chi connectivity index (χ4v) is 2.68. The first-order chi connectivity index (χ1) is 9.57. The van der Waals surface area contributed by atoms with Gasteiger partial charge in [0.05, 0.1) is 13.2 Å². The summed E-state index contributed by atoms with van der Waals surface area (Å²) in [6.45, 7) is 5.87. The second-order valence-corrected chi connectivity index (χ2v) is 5.75. The lowest BCUT2D eigenvalue weighted by Gasteiger charge is -2.33. The molecule has 0 bridgehead atoms. The quantitative estimate of drug-likeness (QED) is 0.887. The summed E-state index contributed by atoms with van der Waals surface area (Å²) in [5.41, 5.74) is 0.752. The zero-order valence-corrected chi connectivity index (χ0v) is 12.5. The number of methoxy groups -OCH3 is 1. The number of benzene rings is 1. The van der Waals surface area contributed by atoms with Crippen LogP contribution in [0.4, 0.5) is 0 Å². The summed E-state index contributed by atoms with van der Waals surface area (Å²) in [6.07, 6.45) is 1.77. The summed E-state index contributed by atoms with van der Waals surface area (Å²) in [6, 6.07) is 7.77. The van der Waals surface area contributed by atoms with Crippen molar-refractivity contribution in [2.45, 2.75) is 32.7 Å². The number of ether oxygens (including phenoxy) is 1. The van der Waals surface area contributed by atoms with Gasteiger partial charge in [-0.05, 0) is 38.9 Å². The van der Waals surface area contributed by atoms with E-state index in [-0.39, 0.29) is 17.4 Å². The van der Waals surface area contributed by atoms with Crippen molar-refractivity contribution in [3.63, 3.8) is 0 Å². The first kappa shape index (κ1) is 14.9. The maximum atomic E-state index is 12.5. The van der Waals surface area contributed by atoms with Crippen LogP contribution in [-0.4, -0.2) is 26.1 Å². The maximum Gasteiger partial charge on any atom is 0.226 e. The largest absolute Gasteiger partial charge is 0.496 e. The molecule has 2 rings (SSSR count). The van der Waals surface area contributed by atoms with Crippen LogP contribution in [-0.2, 0) is 4.79 Å². The average molecular weight is 276 g/mol. The highest BCUT2D eigenvalue weighted by molar-refractivity contribution is 5.82. The minimum absolute atomic E-state index is 0.0506. The van der Waals surface area contributed by atoms with Gasteiger partial charge in [-0.3, -0.25) is 4.79 Å². The second-order valence-electron chi connectivity index (χ2n) is 5.75. The van der Waals surface area contributed by atoms with Crippen molar-refractivity contribution in [2.24, 2.45) is 5.41 Å². The van der Waals surface area contributed by atoms with E-state index in [1.165, 1.54) is 0 Å². The van der Waals surface area contributed by atoms with Crippen molar-refractivity contribution >= 4 is 5.91 Å². The monoisotopic (exact) mass is 276 g/mol. The Kier molecular flexibility index (Phi) is 4.65. The molecule has 4 heteroatoms. The Bertz CT molecular complexity index is 467. The average Bonchev–Trinajstić information content (AvgIpc) is 2.47. The number of hydrogen-bond acceptors (Lipinski definition) is 3. The second kappa shape index (κ2) is 6.27. The van der Waals surface area contributed by atoms with E-state index in [1.54, 1.807) is 7.11 Å². The smallest absolute Gasteiger partial charge is 0.226 e. The van der Waals surface area contributed by atoms with Gasteiger partial charge in [-0.1, -0.05) is 25.1 Å². The van der Waals surface area contributed by atoms with Crippen LogP contribution < -0.4 is 15.4 Å². The molecule has 4 nitrogen and oxygen atoms in total. The van der Waals surface area contributed by atoms with Crippen LogP contribution in [0.1, 0.15) is 38.3 Å². The van der Waals surface area contributed by atoms with Gasteiger partial charge in [0.1, 0.15) is 5.75 Å². The Morgan fingerprint density at radius 2 is 2.00 bits per heavy atom. The van der Waals surface area contributed by atoms with Gasteiger partial charge in [-0.15, -0.1) is 0 Å². The molecule has 1 saturated heterocycles. The number of para-hydroxylation sites is 1. The molecule has 1 aliphatic heterocycles. The Morgan fingerprint density at radius 1 is 1.35 bits per heavy atom. The van der Waals surface area contributed by atoms with E-state index < -0.39 is 0 Å². The van der Waals surface area contributed by atoms with Crippen LogP contribution in [0.2, 0.25) is 0 Å². The van der Waals surface area contributed by atoms with Crippen molar-refractivity contribution in [1.82, 2.24) is 10.6 Å². The SMILES string of the molecule is COc1ccccc1C(C)NC(=O)C1(C)CCNCC1. The molecule has 0 aromatic heterocycles. The van der Waals surface area contributed by atoms with Crippen LogP contribution in [0.15, 0.2) is 24.3 Å². The predicted octanol–water partition coefficient (Wildman–Crippen LogP) is 2.26. The lowest BCUT2D eigenvalue weighted by Crippen LogP contribution is -2.46. The third-order valence-corrected chi connectivity index (χ3v) is 4.21. The number of amides is 1. The molecule has 1 amide bonds. The molecule has 0 saturated carbocycles. The molecule has 1 aromatic carbocycles. The lowest BCUT2D eigenvalue weighted by molar-refractivity contribution is -0.132. The van der Waals surface area contributed by atoms with E-state index in [0.29, 0.717) is 0 Å². The third-order valence-electron chi connectivity index (χ3n) is 4.21. The van der Waals surface area contributed by atoms with E-state index in [2.05, 4.69) is 17.6 Å². The summed E-state index contributed by atoms with van der Waals surface area (Å²) >= 11 is 0. The molecule has 0 radical (unpaired) electrons. The predicted molar refractivity (Wildman–Crippen MR) is 79.8 cm³/mol. The van der Waals surface area contributed by atoms with Crippen molar-refractivity contribution < 1.29 is 9.53 Å². The summed E-state index contributed by atoms with van der Waals surface area (Å²) in [5, 5.41) is 6.43. The third kappa shape index (κ3) is 3.12. The number of carbonyl (C=O) groups excluding carboxylic acids is 1. The fraction of sp³-hybridized carbons (Fsp3) is 0.562. The highest BCUT2D eigenvalue weighted by atomic mass is 16.5. The van der Waals surface area contributed by atoms with E-state index in [1.807, 2.05) is 31.2 Å². The van der Waals surface area contributed by atoms with Gasteiger partial charge in [0, 0.05) is 11.0 Å². The van der Waals surface area contributed by atoms with Crippen LogP contribution in [0, 0.1) is 5.41 Å². The van der Waals surface area contributed by atoms with E-state index in [9.17, 15) is 4.79 Å². The summed E-state index contributed by atoms with van der Waals surface area (Å²) in [4.78, 5) is 12.5. The van der Waals surface area contributed by atoms with Gasteiger partial charge in [0.2, 0.25) is 5.91 Å². The molecule has 110 valence electrons. The fourth-order valence-electron chi connectivity index (χ4n) is 2.68. The van der Waals surface area contributed by atoms with Gasteiger partial charge in [0.15, 0.2) is 0 Å². The molecule has 20 heavy (non-hydrogen) atoms. The molecule has 1 fully saturated rings. The molecule has 2 N–H and O–H groups in total. The Hall–Kier alpha value is -1.55. The molecule has 1 aromatic rings. The summed E-state index contributed by atoms with van der Waals surface area (Å²) in [5.74, 6) is 0.952. The molecule has 1 heterocycles. The van der Waals surface area contributed by atoms with Crippen LogP contribution in [0.25, 0.3) is 0 Å². The Morgan fingerprint density at radius 3 is 2.65 bits per heavy atom. The van der Waals surface area contributed by atoms with Gasteiger partial charge < -0.3 is 15.4 Å². The zero-order valence-electron chi connectivity index (χ0n) is 12.5. The first-order valence-corrected chi connectivity index (χ1v) is 7.21. The first-order valence-electron chi connectivity index (χ1n) is 7.21. The normalized spacial score (nSPS) is 19.1. The maximum absolute atomic E-state index is 12.5. The van der Waals surface area contributed by atoms with Crippen molar-refractivity contribution in [3.8, 4) is 5.75 Å². The minimum Gasteiger partial charge on any atom is -0.496 e. The van der Waals surface area contributed by atoms with Crippen molar-refractivity contribution in [3.05, 3.63) is 29.8 Å². The van der Waals surface area contributed by atoms with E-state index >= 15 is 0 Å². The molecule has 0 aliphatic carbocycles. The number of nitrogens with one attached hydrogen (secondary N) is 2. The van der Waals surface area contributed by atoms with Crippen LogP contribution in [0.5, 0.6) is 5.75 Å². The Balaban J connectivity index is 2.07. The van der Waals surface area contributed by atoms with E-state index in [4.69, 9.17) is 4.74 Å². The molecule has 1 aliphatic rings. The standard InChI is InChI=1S/C16H24N2O2/c1-12(13-6-4-5-7-14(13)20-3)18-15(19)16(2)8-10-17-11-9-16/h4-7,12,17H,8-11H2,1-3H3,(H,18,19). The highest BCUT2D eigenvalue weighted by Crippen LogP contribution is 2.30. The van der Waals surface area contributed by atoms with Gasteiger partial charge >= 0.3 is 0 Å². The summed E-state index contributed by atoms with van der Waals surface area (Å²) in [7, 11) is 1.65. The summed E-state index contributed by atoms with van der Waals surface area (Å²) < 4.78 is 5.36. The lowest BCUT2D eigenvalue weighted by atomic mass is 9.80. The number of rotatable bonds is 4. The number of carbonyl (C=O) groups is 1. The minimum atomic E-state index is -0.262. The molecule has 1 unspecified atom stereocenters. The number of piperidine rings is 1. The molecular weight excluding hydrogens is 252 g/mol. The van der Waals surface area contributed by atoms with Gasteiger partial charge in [-0.25, -0.2) is 0 Å². The van der Waals surface area contributed by atoms with Gasteiger partial charge in [0.25, 0.3) is 0 Å². The molecular formula is C16H24N2O2. The van der Waals surface area contributed by atoms with Crippen molar-refractivity contribution in [2.75, 3.05) is 20.2 Å². The van der Waals surface area contributed by atoms with Crippen molar-refractivity contribution in [1.29, 1.82) is 0 Å². The number of hydrogen-bond donors (Lipinski definition) is 2. The van der Waals surface area contributed by atoms with Crippen LogP contribution in [0.3, 0.4) is 0 Å². The van der Waals surface area contributed by atoms with E-state index in [0.717, 1.165) is 37.2 Å². The highest BCUT2D eigenvalue weighted by Gasteiger charge is 2.35. The van der Waals surface area contributed by atoms with Crippen LogP contribution >= 0.6 is 0 Å². The molecule has 0 spiro atoms. The zero-order chi connectivity index (χ0) is 14.6. The Labute approximate surface area is 120 Å². The molecule has 1 atom stereocenters. The topological polar surface area (TPSA) is 50.4 Å².